The van der Waals surface area contributed by atoms with Crippen molar-refractivity contribution in [3.05, 3.63) is 93.0 Å². The Bertz CT molecular complexity index is 1540. The third-order valence-corrected chi connectivity index (χ3v) is 10.8. The Balaban J connectivity index is 1.32. The first-order chi connectivity index (χ1) is 22.4. The summed E-state index contributed by atoms with van der Waals surface area (Å²) in [6.45, 7) is 7.37. The number of rotatable bonds is 9. The lowest BCUT2D eigenvalue weighted by molar-refractivity contribution is 0.0351. The van der Waals surface area contributed by atoms with Crippen LogP contribution in [0.4, 0.5) is 4.79 Å². The Morgan fingerprint density at radius 3 is 2.26 bits per heavy atom. The number of benzene rings is 3. The Kier molecular flexibility index (Phi) is 9.87. The summed E-state index contributed by atoms with van der Waals surface area (Å²) in [5.41, 5.74) is 8.85. The van der Waals surface area contributed by atoms with E-state index in [-0.39, 0.29) is 31.3 Å². The van der Waals surface area contributed by atoms with E-state index in [0.717, 1.165) is 73.2 Å². The second-order valence-corrected chi connectivity index (χ2v) is 13.3. The number of amides is 2. The van der Waals surface area contributed by atoms with Crippen LogP contribution in [0.5, 0.6) is 11.5 Å². The molecule has 246 valence electrons. The van der Waals surface area contributed by atoms with Crippen molar-refractivity contribution in [3.8, 4) is 11.5 Å². The minimum Gasteiger partial charge on any atom is -0.493 e. The molecule has 2 amide bonds. The van der Waals surface area contributed by atoms with Gasteiger partial charge in [-0.25, -0.2) is 4.79 Å². The maximum Gasteiger partial charge on any atom is 0.318 e. The quantitative estimate of drug-likeness (QED) is 0.276. The van der Waals surface area contributed by atoms with E-state index >= 15 is 0 Å². The number of carbonyl (C=O) groups is 1. The molecule has 1 saturated heterocycles. The Morgan fingerprint density at radius 1 is 0.891 bits per heavy atom. The second-order valence-electron chi connectivity index (χ2n) is 13.3. The van der Waals surface area contributed by atoms with E-state index in [1.54, 1.807) is 14.2 Å². The first kappa shape index (κ1) is 32.4. The van der Waals surface area contributed by atoms with Crippen LogP contribution in [0.25, 0.3) is 0 Å². The number of piperidine rings is 1. The van der Waals surface area contributed by atoms with Crippen LogP contribution in [0.15, 0.2) is 48.5 Å². The first-order valence-corrected chi connectivity index (χ1v) is 16.8. The number of aryl methyl sites for hydroxylation is 1. The highest BCUT2D eigenvalue weighted by Gasteiger charge is 2.42. The number of fused-ring (bicyclic) bond motifs is 4. The van der Waals surface area contributed by atoms with E-state index < -0.39 is 0 Å². The summed E-state index contributed by atoms with van der Waals surface area (Å²) in [7, 11) is 3.34. The lowest BCUT2D eigenvalue weighted by Crippen LogP contribution is -2.49. The van der Waals surface area contributed by atoms with Crippen LogP contribution >= 0.6 is 0 Å². The molecule has 6 rings (SSSR count). The monoisotopic (exact) mass is 627 g/mol. The third kappa shape index (κ3) is 6.35. The van der Waals surface area contributed by atoms with Crippen molar-refractivity contribution in [2.75, 3.05) is 33.9 Å². The van der Waals surface area contributed by atoms with Crippen LogP contribution < -0.4 is 14.8 Å². The smallest absolute Gasteiger partial charge is 0.318 e. The molecule has 3 N–H and O–H groups in total. The summed E-state index contributed by atoms with van der Waals surface area (Å²) >= 11 is 0. The topological polar surface area (TPSA) is 94.5 Å². The molecule has 3 aliphatic heterocycles. The molecule has 4 atom stereocenters. The average Bonchev–Trinajstić information content (AvgIpc) is 3.09. The van der Waals surface area contributed by atoms with Crippen LogP contribution in [0.3, 0.4) is 0 Å². The molecule has 46 heavy (non-hydrogen) atoms. The minimum absolute atomic E-state index is 0.0383. The molecule has 3 aromatic carbocycles. The summed E-state index contributed by atoms with van der Waals surface area (Å²) in [5, 5.41) is 23.2. The number of hydrogen-bond acceptors (Lipinski definition) is 6. The van der Waals surface area contributed by atoms with Gasteiger partial charge < -0.3 is 29.9 Å². The molecule has 3 aliphatic rings. The molecule has 0 aliphatic carbocycles. The number of nitrogens with zero attached hydrogens (tertiary/aromatic N) is 2. The van der Waals surface area contributed by atoms with E-state index in [0.29, 0.717) is 30.7 Å². The summed E-state index contributed by atoms with van der Waals surface area (Å²) in [6.07, 6.45) is 4.65. The first-order valence-electron chi connectivity index (χ1n) is 16.8. The van der Waals surface area contributed by atoms with E-state index in [1.807, 2.05) is 4.90 Å². The SMILES string of the molecule is CCC1CN2CCc3cc(CO)c(CO)cc3C2CC1CC1c2cc(OC)c(OC)cc2CCN1C(=O)NCc1ccc(C)cc1. The lowest BCUT2D eigenvalue weighted by Gasteiger charge is -2.49. The molecule has 4 unspecified atom stereocenters. The van der Waals surface area contributed by atoms with Gasteiger partial charge in [-0.1, -0.05) is 55.3 Å². The number of aliphatic hydroxyl groups is 2. The zero-order valence-corrected chi connectivity index (χ0v) is 27.7. The number of urea groups is 1. The van der Waals surface area contributed by atoms with Crippen LogP contribution in [0.2, 0.25) is 0 Å². The highest BCUT2D eigenvalue weighted by Crippen LogP contribution is 2.48. The molecule has 3 aromatic rings. The molecule has 3 heterocycles. The largest absolute Gasteiger partial charge is 0.493 e. The van der Waals surface area contributed by atoms with Crippen LogP contribution in [0, 0.1) is 18.8 Å². The standard InChI is InChI=1S/C38H49N3O5/c1-5-26-21-40-12-10-27-14-30(22-42)31(23-43)15-32(27)34(40)16-29(26)17-35-33-19-37(46-4)36(45-3)18-28(33)11-13-41(35)38(44)39-20-25-8-6-24(2)7-9-25/h6-9,14-15,18-19,26,29,34-35,42-43H,5,10-13,16-17,20-23H2,1-4H3,(H,39,44). The molecular formula is C38H49N3O5. The van der Waals surface area contributed by atoms with Crippen molar-refractivity contribution >= 4 is 6.03 Å². The molecule has 0 radical (unpaired) electrons. The van der Waals surface area contributed by atoms with Crippen molar-refractivity contribution < 1.29 is 24.5 Å². The number of ether oxygens (including phenoxy) is 2. The summed E-state index contributed by atoms with van der Waals surface area (Å²) in [6, 6.07) is 16.9. The lowest BCUT2D eigenvalue weighted by atomic mass is 9.72. The maximum absolute atomic E-state index is 14.0. The van der Waals surface area contributed by atoms with E-state index in [1.165, 1.54) is 22.3 Å². The van der Waals surface area contributed by atoms with E-state index in [9.17, 15) is 15.0 Å². The van der Waals surface area contributed by atoms with Crippen molar-refractivity contribution in [2.24, 2.45) is 11.8 Å². The number of methoxy groups -OCH3 is 2. The summed E-state index contributed by atoms with van der Waals surface area (Å²) in [5.74, 6) is 2.31. The Hall–Kier alpha value is -3.59. The van der Waals surface area contributed by atoms with E-state index in [2.05, 4.69) is 72.6 Å². The van der Waals surface area contributed by atoms with E-state index in [4.69, 9.17) is 9.47 Å². The normalized spacial score (nSPS) is 22.4. The third-order valence-electron chi connectivity index (χ3n) is 10.8. The number of aliphatic hydroxyl groups excluding tert-OH is 2. The molecule has 8 nitrogen and oxygen atoms in total. The molecule has 1 fully saturated rings. The van der Waals surface area contributed by atoms with Crippen LogP contribution in [0.1, 0.15) is 82.8 Å². The van der Waals surface area contributed by atoms with Crippen molar-refractivity contribution in [1.29, 1.82) is 0 Å². The van der Waals surface area contributed by atoms with Gasteiger partial charge in [-0.05, 0) is 95.5 Å². The van der Waals surface area contributed by atoms with Crippen molar-refractivity contribution in [3.63, 3.8) is 0 Å². The predicted molar refractivity (Wildman–Crippen MR) is 179 cm³/mol. The fraction of sp³-hybridized carbons (Fsp3) is 0.500. The van der Waals surface area contributed by atoms with Gasteiger partial charge in [0.25, 0.3) is 0 Å². The fourth-order valence-electron chi connectivity index (χ4n) is 8.17. The molecule has 8 heteroatoms. The van der Waals surface area contributed by atoms with Gasteiger partial charge >= 0.3 is 6.03 Å². The highest BCUT2D eigenvalue weighted by atomic mass is 16.5. The van der Waals surface area contributed by atoms with Gasteiger partial charge in [0.1, 0.15) is 0 Å². The van der Waals surface area contributed by atoms with Gasteiger partial charge in [0, 0.05) is 32.2 Å². The van der Waals surface area contributed by atoms with Crippen molar-refractivity contribution in [2.45, 2.75) is 77.8 Å². The van der Waals surface area contributed by atoms with Gasteiger partial charge in [-0.2, -0.15) is 0 Å². The van der Waals surface area contributed by atoms with Gasteiger partial charge in [0.2, 0.25) is 0 Å². The maximum atomic E-state index is 14.0. The number of carbonyl (C=O) groups excluding carboxylic acids is 1. The van der Waals surface area contributed by atoms with Gasteiger partial charge in [0.05, 0.1) is 33.5 Å². The Morgan fingerprint density at radius 2 is 1.57 bits per heavy atom. The van der Waals surface area contributed by atoms with Gasteiger partial charge in [-0.3, -0.25) is 4.90 Å². The van der Waals surface area contributed by atoms with Gasteiger partial charge in [-0.15, -0.1) is 0 Å². The van der Waals surface area contributed by atoms with Crippen LogP contribution in [-0.2, 0) is 32.6 Å². The average molecular weight is 628 g/mol. The highest BCUT2D eigenvalue weighted by molar-refractivity contribution is 5.75. The number of hydrogen-bond donors (Lipinski definition) is 3. The second kappa shape index (κ2) is 14.0. The summed E-state index contributed by atoms with van der Waals surface area (Å²) < 4.78 is 11.4. The number of nitrogens with one attached hydrogen (secondary N) is 1. The zero-order chi connectivity index (χ0) is 32.4. The minimum atomic E-state index is -0.0972. The molecule has 0 spiro atoms. The molecule has 0 bridgehead atoms. The summed E-state index contributed by atoms with van der Waals surface area (Å²) in [4.78, 5) is 18.6. The van der Waals surface area contributed by atoms with Gasteiger partial charge in [0.15, 0.2) is 11.5 Å². The molecule has 0 aromatic heterocycles. The fourth-order valence-corrected chi connectivity index (χ4v) is 8.17. The Labute approximate surface area is 273 Å². The van der Waals surface area contributed by atoms with Crippen LogP contribution in [-0.4, -0.2) is 59.9 Å². The molecule has 0 saturated carbocycles. The predicted octanol–water partition coefficient (Wildman–Crippen LogP) is 5.84. The van der Waals surface area contributed by atoms with Crippen molar-refractivity contribution in [1.82, 2.24) is 15.1 Å². The zero-order valence-electron chi connectivity index (χ0n) is 27.7. The molecular weight excluding hydrogens is 578 g/mol.